The summed E-state index contributed by atoms with van der Waals surface area (Å²) >= 11 is 0. The summed E-state index contributed by atoms with van der Waals surface area (Å²) in [4.78, 5) is 12.7. The monoisotopic (exact) mass is 438 g/mol. The Morgan fingerprint density at radius 3 is 2.26 bits per heavy atom. The molecule has 0 aliphatic rings. The highest BCUT2D eigenvalue weighted by Crippen LogP contribution is 2.16. The van der Waals surface area contributed by atoms with E-state index in [9.17, 15) is 13.2 Å². The third kappa shape index (κ3) is 6.01. The van der Waals surface area contributed by atoms with Gasteiger partial charge in [-0.3, -0.25) is 4.79 Å². The lowest BCUT2D eigenvalue weighted by Gasteiger charge is -2.13. The van der Waals surface area contributed by atoms with Crippen LogP contribution in [-0.4, -0.2) is 32.7 Å². The molecule has 3 aromatic rings. The topological polar surface area (TPSA) is 75.7 Å². The zero-order valence-corrected chi connectivity index (χ0v) is 18.4. The number of sulfonamides is 1. The van der Waals surface area contributed by atoms with Gasteiger partial charge >= 0.3 is 0 Å². The van der Waals surface area contributed by atoms with Gasteiger partial charge in [0.15, 0.2) is 0 Å². The van der Waals surface area contributed by atoms with Crippen LogP contribution in [0.5, 0.6) is 0 Å². The highest BCUT2D eigenvalue weighted by Gasteiger charge is 2.18. The van der Waals surface area contributed by atoms with Crippen molar-refractivity contribution in [1.29, 1.82) is 0 Å². The van der Waals surface area contributed by atoms with Crippen molar-refractivity contribution in [3.63, 3.8) is 0 Å². The van der Waals surface area contributed by atoms with E-state index < -0.39 is 10.0 Å². The van der Waals surface area contributed by atoms with Crippen molar-refractivity contribution in [2.75, 3.05) is 14.1 Å². The van der Waals surface area contributed by atoms with Gasteiger partial charge in [0, 0.05) is 26.2 Å². The Balaban J connectivity index is 1.63. The summed E-state index contributed by atoms with van der Waals surface area (Å²) in [7, 11) is -0.689. The molecule has 31 heavy (non-hydrogen) atoms. The third-order valence-corrected chi connectivity index (χ3v) is 6.61. The van der Waals surface area contributed by atoms with Crippen LogP contribution in [0.25, 0.3) is 0 Å². The number of carbonyl (C=O) groups is 1. The van der Waals surface area contributed by atoms with Crippen molar-refractivity contribution < 1.29 is 17.9 Å². The van der Waals surface area contributed by atoms with Crippen molar-refractivity contribution >= 4 is 15.9 Å². The van der Waals surface area contributed by atoms with Crippen LogP contribution < -0.4 is 5.32 Å². The van der Waals surface area contributed by atoms with Crippen molar-refractivity contribution in [3.05, 3.63) is 101 Å². The summed E-state index contributed by atoms with van der Waals surface area (Å²) in [5.74, 6) is -0.337. The largest absolute Gasteiger partial charge is 0.372 e. The van der Waals surface area contributed by atoms with Gasteiger partial charge in [0.25, 0.3) is 5.91 Å². The maximum atomic E-state index is 12.6. The van der Waals surface area contributed by atoms with Crippen LogP contribution in [0.15, 0.2) is 83.8 Å². The fourth-order valence-electron chi connectivity index (χ4n) is 3.01. The molecular formula is C24H26N2O4S. The first-order valence-corrected chi connectivity index (χ1v) is 11.3. The molecule has 3 aromatic carbocycles. The number of amides is 1. The normalized spacial score (nSPS) is 11.5. The van der Waals surface area contributed by atoms with E-state index in [0.717, 1.165) is 21.0 Å². The highest BCUT2D eigenvalue weighted by atomic mass is 32.2. The molecule has 0 aliphatic carbocycles. The van der Waals surface area contributed by atoms with Crippen LogP contribution in [0.4, 0.5) is 0 Å². The summed E-state index contributed by atoms with van der Waals surface area (Å²) in [5, 5.41) is 2.87. The molecule has 7 heteroatoms. The van der Waals surface area contributed by atoms with Crippen LogP contribution in [-0.2, 0) is 34.5 Å². The highest BCUT2D eigenvalue weighted by molar-refractivity contribution is 7.89. The molecule has 1 N–H and O–H groups in total. The minimum absolute atomic E-state index is 0.0832. The molecule has 0 heterocycles. The molecule has 0 fully saturated rings. The molecule has 0 spiro atoms. The molecule has 0 aliphatic heterocycles. The van der Waals surface area contributed by atoms with Gasteiger partial charge in [0.1, 0.15) is 0 Å². The van der Waals surface area contributed by atoms with Crippen LogP contribution >= 0.6 is 0 Å². The lowest BCUT2D eigenvalue weighted by atomic mass is 10.1. The number of nitrogens with one attached hydrogen (secondary N) is 1. The zero-order valence-electron chi connectivity index (χ0n) is 17.6. The van der Waals surface area contributed by atoms with Crippen LogP contribution in [0.2, 0.25) is 0 Å². The summed E-state index contributed by atoms with van der Waals surface area (Å²) < 4.78 is 31.6. The number of hydrogen-bond donors (Lipinski definition) is 1. The van der Waals surface area contributed by atoms with Crippen molar-refractivity contribution in [2.45, 2.75) is 24.7 Å². The first-order chi connectivity index (χ1) is 14.9. The lowest BCUT2D eigenvalue weighted by molar-refractivity contribution is 0.0947. The van der Waals surface area contributed by atoms with E-state index >= 15 is 0 Å². The van der Waals surface area contributed by atoms with E-state index in [1.807, 2.05) is 54.6 Å². The van der Waals surface area contributed by atoms with E-state index in [-0.39, 0.29) is 10.8 Å². The second-order valence-corrected chi connectivity index (χ2v) is 9.40. The Bertz CT molecular complexity index is 1130. The van der Waals surface area contributed by atoms with Gasteiger partial charge in [0.05, 0.1) is 18.1 Å². The van der Waals surface area contributed by atoms with Crippen molar-refractivity contribution in [1.82, 2.24) is 9.62 Å². The molecule has 0 atom stereocenters. The Labute approximate surface area is 183 Å². The number of carbonyl (C=O) groups excluding carboxylic acids is 1. The predicted molar refractivity (Wildman–Crippen MR) is 120 cm³/mol. The number of benzene rings is 3. The van der Waals surface area contributed by atoms with Gasteiger partial charge in [-0.2, -0.15) is 0 Å². The quantitative estimate of drug-likeness (QED) is 0.554. The smallest absolute Gasteiger partial charge is 0.251 e. The number of ether oxygens (including phenoxy) is 1. The summed E-state index contributed by atoms with van der Waals surface area (Å²) in [6.45, 7) is 1.25. The molecule has 6 nitrogen and oxygen atoms in total. The van der Waals surface area contributed by atoms with Crippen molar-refractivity contribution in [2.24, 2.45) is 0 Å². The second kappa shape index (κ2) is 10.3. The standard InChI is InChI=1S/C24H26N2O4S/c1-26(2)31(28,29)23-14-8-13-20(15-23)24(27)25-16-21-11-6-7-12-22(21)18-30-17-19-9-4-3-5-10-19/h3-15H,16-18H2,1-2H3,(H,25,27). The van der Waals surface area contributed by atoms with Gasteiger partial charge in [0.2, 0.25) is 10.0 Å². The number of nitrogens with zero attached hydrogens (tertiary/aromatic N) is 1. The lowest BCUT2D eigenvalue weighted by Crippen LogP contribution is -2.25. The average Bonchev–Trinajstić information content (AvgIpc) is 2.79. The van der Waals surface area contributed by atoms with Gasteiger partial charge in [-0.1, -0.05) is 60.7 Å². The maximum Gasteiger partial charge on any atom is 0.251 e. The zero-order chi connectivity index (χ0) is 22.3. The Hall–Kier alpha value is -3.00. The predicted octanol–water partition coefficient (Wildman–Crippen LogP) is 3.58. The molecule has 0 saturated carbocycles. The third-order valence-electron chi connectivity index (χ3n) is 4.80. The van der Waals surface area contributed by atoms with Gasteiger partial charge in [-0.15, -0.1) is 0 Å². The van der Waals surface area contributed by atoms with Crippen LogP contribution in [0, 0.1) is 0 Å². The van der Waals surface area contributed by atoms with Crippen LogP contribution in [0.1, 0.15) is 27.0 Å². The molecule has 0 saturated heterocycles. The Kier molecular flexibility index (Phi) is 7.57. The number of rotatable bonds is 9. The first kappa shape index (κ1) is 22.7. The average molecular weight is 439 g/mol. The summed E-state index contributed by atoms with van der Waals surface area (Å²) in [6, 6.07) is 23.7. The fraction of sp³-hybridized carbons (Fsp3) is 0.208. The molecule has 0 aromatic heterocycles. The molecule has 1 amide bonds. The minimum atomic E-state index is -3.60. The van der Waals surface area contributed by atoms with Crippen LogP contribution in [0.3, 0.4) is 0 Å². The Morgan fingerprint density at radius 2 is 1.55 bits per heavy atom. The van der Waals surface area contributed by atoms with Gasteiger partial charge in [-0.05, 0) is 34.9 Å². The van der Waals surface area contributed by atoms with Gasteiger partial charge < -0.3 is 10.1 Å². The van der Waals surface area contributed by atoms with Gasteiger partial charge in [-0.25, -0.2) is 12.7 Å². The summed E-state index contributed by atoms with van der Waals surface area (Å²) in [5.41, 5.74) is 3.32. The first-order valence-electron chi connectivity index (χ1n) is 9.87. The molecule has 0 unspecified atom stereocenters. The second-order valence-electron chi connectivity index (χ2n) is 7.25. The Morgan fingerprint density at radius 1 is 0.871 bits per heavy atom. The molecule has 0 bridgehead atoms. The van der Waals surface area contributed by atoms with Crippen molar-refractivity contribution in [3.8, 4) is 0 Å². The molecule has 3 rings (SSSR count). The number of hydrogen-bond acceptors (Lipinski definition) is 4. The van der Waals surface area contributed by atoms with E-state index in [1.54, 1.807) is 12.1 Å². The minimum Gasteiger partial charge on any atom is -0.372 e. The van der Waals surface area contributed by atoms with E-state index in [4.69, 9.17) is 4.74 Å². The maximum absolute atomic E-state index is 12.6. The van der Waals surface area contributed by atoms with E-state index in [1.165, 1.54) is 26.2 Å². The molecular weight excluding hydrogens is 412 g/mol. The summed E-state index contributed by atoms with van der Waals surface area (Å²) in [6.07, 6.45) is 0. The van der Waals surface area contributed by atoms with E-state index in [0.29, 0.717) is 25.3 Å². The fourth-order valence-corrected chi connectivity index (χ4v) is 3.96. The van der Waals surface area contributed by atoms with E-state index in [2.05, 4.69) is 5.32 Å². The molecule has 0 radical (unpaired) electrons. The molecule has 162 valence electrons. The SMILES string of the molecule is CN(C)S(=O)(=O)c1cccc(C(=O)NCc2ccccc2COCc2ccccc2)c1.